The normalized spacial score (nSPS) is 11.2. The molecule has 0 aromatic carbocycles. The maximum atomic E-state index is 12.0. The van der Waals surface area contributed by atoms with Crippen LogP contribution in [0.2, 0.25) is 0 Å². The van der Waals surface area contributed by atoms with Crippen LogP contribution in [0, 0.1) is 25.2 Å². The summed E-state index contributed by atoms with van der Waals surface area (Å²) in [5, 5.41) is 12.8. The molecule has 1 N–H and O–H groups in total. The summed E-state index contributed by atoms with van der Waals surface area (Å²) in [5.41, 5.74) is 1.75. The van der Waals surface area contributed by atoms with Crippen molar-refractivity contribution in [2.75, 3.05) is 5.32 Å². The summed E-state index contributed by atoms with van der Waals surface area (Å²) in [4.78, 5) is 17.6. The molecule has 1 amide bonds. The molecule has 0 aliphatic heterocycles. The summed E-state index contributed by atoms with van der Waals surface area (Å²) in [6.07, 6.45) is -0.571. The highest BCUT2D eigenvalue weighted by atomic mass is 32.1. The molecule has 5 nitrogen and oxygen atoms in total. The van der Waals surface area contributed by atoms with Crippen LogP contribution in [-0.4, -0.2) is 16.7 Å². The van der Waals surface area contributed by atoms with Crippen molar-refractivity contribution in [2.24, 2.45) is 0 Å². The fourth-order valence-corrected chi connectivity index (χ4v) is 3.09. The molecule has 0 bridgehead atoms. The van der Waals surface area contributed by atoms with Crippen molar-refractivity contribution in [2.45, 2.75) is 40.2 Å². The Morgan fingerprint density at radius 1 is 1.43 bits per heavy atom. The van der Waals surface area contributed by atoms with Gasteiger partial charge in [-0.2, -0.15) is 5.26 Å². The summed E-state index contributed by atoms with van der Waals surface area (Å²) in [7, 11) is 0. The minimum Gasteiger partial charge on any atom is -0.444 e. The van der Waals surface area contributed by atoms with Crippen molar-refractivity contribution < 1.29 is 9.53 Å². The van der Waals surface area contributed by atoms with Gasteiger partial charge in [0.05, 0.1) is 5.69 Å². The maximum absolute atomic E-state index is 12.0. The molecule has 0 aliphatic rings. The Morgan fingerprint density at radius 2 is 2.10 bits per heavy atom. The van der Waals surface area contributed by atoms with Crippen molar-refractivity contribution in [1.29, 1.82) is 5.26 Å². The topological polar surface area (TPSA) is 75.0 Å². The number of rotatable bonds is 1. The van der Waals surface area contributed by atoms with Crippen molar-refractivity contribution in [3.63, 3.8) is 0 Å². The zero-order chi connectivity index (χ0) is 15.8. The number of ether oxygens (including phenoxy) is 1. The minimum atomic E-state index is -0.591. The van der Waals surface area contributed by atoms with Gasteiger partial charge in [0, 0.05) is 11.1 Å². The average molecular weight is 303 g/mol. The van der Waals surface area contributed by atoms with Crippen molar-refractivity contribution in [1.82, 2.24) is 4.98 Å². The van der Waals surface area contributed by atoms with Gasteiger partial charge in [-0.15, -0.1) is 11.3 Å². The molecule has 6 heteroatoms. The maximum Gasteiger partial charge on any atom is 0.412 e. The second-order valence-electron chi connectivity index (χ2n) is 5.81. The molecule has 2 aromatic heterocycles. The van der Waals surface area contributed by atoms with Gasteiger partial charge in [-0.05, 0) is 46.2 Å². The molecule has 0 atom stereocenters. The second kappa shape index (κ2) is 5.34. The highest BCUT2D eigenvalue weighted by Gasteiger charge is 2.21. The standard InChI is InChI=1S/C15H17N3O2S/c1-8-6-9(2)17-13-11(8)12(10(7-16)21-13)18-14(19)20-15(3,4)5/h6H,1-5H3,(H,18,19). The Kier molecular flexibility index (Phi) is 3.88. The fourth-order valence-electron chi connectivity index (χ4n) is 2.05. The molecule has 0 unspecified atom stereocenters. The molecule has 2 aromatic rings. The molecular weight excluding hydrogens is 286 g/mol. The molecule has 0 saturated carbocycles. The number of pyridine rings is 1. The van der Waals surface area contributed by atoms with E-state index in [9.17, 15) is 10.1 Å². The molecule has 0 aliphatic carbocycles. The van der Waals surface area contributed by atoms with Crippen LogP contribution in [0.15, 0.2) is 6.07 Å². The first kappa shape index (κ1) is 15.3. The first-order chi connectivity index (χ1) is 9.71. The van der Waals surface area contributed by atoms with Crippen LogP contribution in [0.5, 0.6) is 0 Å². The lowest BCUT2D eigenvalue weighted by Crippen LogP contribution is -2.27. The monoisotopic (exact) mass is 303 g/mol. The summed E-state index contributed by atoms with van der Waals surface area (Å²) in [6.45, 7) is 9.21. The van der Waals surface area contributed by atoms with Crippen LogP contribution in [0.25, 0.3) is 10.2 Å². The Bertz CT molecular complexity index is 751. The van der Waals surface area contributed by atoms with E-state index in [1.165, 1.54) is 11.3 Å². The number of aromatic nitrogens is 1. The highest BCUT2D eigenvalue weighted by Crippen LogP contribution is 2.36. The number of nitriles is 1. The number of anilines is 1. The number of hydrogen-bond acceptors (Lipinski definition) is 5. The molecule has 0 fully saturated rings. The predicted octanol–water partition coefficient (Wildman–Crippen LogP) is 4.13. The molecular formula is C15H17N3O2S. The fraction of sp³-hybridized carbons (Fsp3) is 0.400. The average Bonchev–Trinajstić information content (AvgIpc) is 2.64. The van der Waals surface area contributed by atoms with Crippen molar-refractivity contribution >= 4 is 33.3 Å². The van der Waals surface area contributed by atoms with Gasteiger partial charge < -0.3 is 4.74 Å². The quantitative estimate of drug-likeness (QED) is 0.859. The number of carbonyl (C=O) groups is 1. The Morgan fingerprint density at radius 3 is 2.67 bits per heavy atom. The SMILES string of the molecule is Cc1cc(C)c2c(NC(=O)OC(C)(C)C)c(C#N)sc2n1. The summed E-state index contributed by atoms with van der Waals surface area (Å²) >= 11 is 1.27. The Balaban J connectivity index is 2.48. The Labute approximate surface area is 127 Å². The summed E-state index contributed by atoms with van der Waals surface area (Å²) in [6, 6.07) is 4.04. The van der Waals surface area contributed by atoms with E-state index in [1.807, 2.05) is 19.9 Å². The van der Waals surface area contributed by atoms with Gasteiger partial charge in [0.25, 0.3) is 0 Å². The number of amides is 1. The number of nitrogens with zero attached hydrogens (tertiary/aromatic N) is 2. The van der Waals surface area contributed by atoms with E-state index >= 15 is 0 Å². The smallest absolute Gasteiger partial charge is 0.412 e. The van der Waals surface area contributed by atoms with Gasteiger partial charge in [-0.25, -0.2) is 9.78 Å². The summed E-state index contributed by atoms with van der Waals surface area (Å²) < 4.78 is 5.25. The van der Waals surface area contributed by atoms with Crippen LogP contribution < -0.4 is 5.32 Å². The molecule has 2 heterocycles. The lowest BCUT2D eigenvalue weighted by atomic mass is 10.1. The number of thiophene rings is 1. The van der Waals surface area contributed by atoms with Crippen LogP contribution in [-0.2, 0) is 4.74 Å². The predicted molar refractivity (Wildman–Crippen MR) is 83.7 cm³/mol. The first-order valence-electron chi connectivity index (χ1n) is 6.52. The van der Waals surface area contributed by atoms with Gasteiger partial charge >= 0.3 is 6.09 Å². The Hall–Kier alpha value is -2.13. The third kappa shape index (κ3) is 3.31. The largest absolute Gasteiger partial charge is 0.444 e. The molecule has 110 valence electrons. The first-order valence-corrected chi connectivity index (χ1v) is 7.34. The third-order valence-corrected chi connectivity index (χ3v) is 3.70. The molecule has 0 radical (unpaired) electrons. The van der Waals surface area contributed by atoms with Crippen LogP contribution >= 0.6 is 11.3 Å². The summed E-state index contributed by atoms with van der Waals surface area (Å²) in [5.74, 6) is 0. The lowest BCUT2D eigenvalue weighted by molar-refractivity contribution is 0.0636. The van der Waals surface area contributed by atoms with Gasteiger partial charge in [-0.3, -0.25) is 5.32 Å². The highest BCUT2D eigenvalue weighted by molar-refractivity contribution is 7.19. The minimum absolute atomic E-state index is 0.428. The van der Waals surface area contributed by atoms with E-state index in [2.05, 4.69) is 16.4 Å². The molecule has 0 spiro atoms. The van der Waals surface area contributed by atoms with Crippen molar-refractivity contribution in [3.05, 3.63) is 22.2 Å². The third-order valence-electron chi connectivity index (χ3n) is 2.71. The van der Waals surface area contributed by atoms with Gasteiger partial charge in [0.1, 0.15) is 21.4 Å². The molecule has 21 heavy (non-hydrogen) atoms. The second-order valence-corrected chi connectivity index (χ2v) is 6.80. The molecule has 2 rings (SSSR count). The van der Waals surface area contributed by atoms with Crippen LogP contribution in [0.1, 0.15) is 36.9 Å². The van der Waals surface area contributed by atoms with E-state index in [1.54, 1.807) is 20.8 Å². The van der Waals surface area contributed by atoms with E-state index in [0.717, 1.165) is 21.5 Å². The number of nitrogens with one attached hydrogen (secondary N) is 1. The van der Waals surface area contributed by atoms with Gasteiger partial charge in [0.2, 0.25) is 0 Å². The van der Waals surface area contributed by atoms with E-state index in [0.29, 0.717) is 10.6 Å². The molecule has 0 saturated heterocycles. The lowest BCUT2D eigenvalue weighted by Gasteiger charge is -2.19. The zero-order valence-corrected chi connectivity index (χ0v) is 13.5. The van der Waals surface area contributed by atoms with Gasteiger partial charge in [0.15, 0.2) is 0 Å². The van der Waals surface area contributed by atoms with Crippen LogP contribution in [0.3, 0.4) is 0 Å². The number of aryl methyl sites for hydroxylation is 2. The van der Waals surface area contributed by atoms with Crippen molar-refractivity contribution in [3.8, 4) is 6.07 Å². The van der Waals surface area contributed by atoms with Crippen LogP contribution in [0.4, 0.5) is 10.5 Å². The number of carbonyl (C=O) groups excluding carboxylic acids is 1. The van der Waals surface area contributed by atoms with E-state index in [-0.39, 0.29) is 0 Å². The zero-order valence-electron chi connectivity index (χ0n) is 12.7. The van der Waals surface area contributed by atoms with Gasteiger partial charge in [-0.1, -0.05) is 0 Å². The van der Waals surface area contributed by atoms with E-state index < -0.39 is 11.7 Å². The van der Waals surface area contributed by atoms with E-state index in [4.69, 9.17) is 4.74 Å². The number of fused-ring (bicyclic) bond motifs is 1. The number of hydrogen-bond donors (Lipinski definition) is 1.